The standard InChI is InChI=1S/C14H23NO4S2/c1-3-4-5-6-7-11(2)19-13(16)10-12-8-9-14(20-12)21(15,17)18/h8-9,11H,3-7,10H2,1-2H3,(H2,15,17,18). The molecule has 1 unspecified atom stereocenters. The van der Waals surface area contributed by atoms with Gasteiger partial charge in [0, 0.05) is 4.88 Å². The first-order valence-corrected chi connectivity index (χ1v) is 9.50. The molecule has 0 aliphatic carbocycles. The van der Waals surface area contributed by atoms with E-state index in [-0.39, 0.29) is 22.7 Å². The Labute approximate surface area is 130 Å². The van der Waals surface area contributed by atoms with Gasteiger partial charge in [0.1, 0.15) is 4.21 Å². The van der Waals surface area contributed by atoms with E-state index in [0.717, 1.165) is 30.6 Å². The molecule has 0 bridgehead atoms. The molecule has 1 atom stereocenters. The van der Waals surface area contributed by atoms with Crippen LogP contribution in [0.15, 0.2) is 16.3 Å². The molecular weight excluding hydrogens is 310 g/mol. The van der Waals surface area contributed by atoms with Crippen molar-refractivity contribution in [3.05, 3.63) is 17.0 Å². The number of ether oxygens (including phenoxy) is 1. The summed E-state index contributed by atoms with van der Waals surface area (Å²) in [5, 5.41) is 5.03. The molecule has 0 fully saturated rings. The highest BCUT2D eigenvalue weighted by Gasteiger charge is 2.15. The topological polar surface area (TPSA) is 86.5 Å². The van der Waals surface area contributed by atoms with Crippen LogP contribution in [0.1, 0.15) is 50.8 Å². The molecule has 1 aromatic rings. The second kappa shape index (κ2) is 8.51. The van der Waals surface area contributed by atoms with Gasteiger partial charge >= 0.3 is 5.97 Å². The summed E-state index contributed by atoms with van der Waals surface area (Å²) in [5.41, 5.74) is 0. The number of thiophene rings is 1. The molecule has 7 heteroatoms. The minimum absolute atomic E-state index is 0.0675. The highest BCUT2D eigenvalue weighted by Crippen LogP contribution is 2.21. The maximum absolute atomic E-state index is 11.8. The number of primary sulfonamides is 1. The van der Waals surface area contributed by atoms with Crippen LogP contribution >= 0.6 is 11.3 Å². The van der Waals surface area contributed by atoms with Crippen molar-refractivity contribution in [3.63, 3.8) is 0 Å². The second-order valence-electron chi connectivity index (χ2n) is 5.09. The zero-order valence-corrected chi connectivity index (χ0v) is 14.1. The van der Waals surface area contributed by atoms with Gasteiger partial charge in [-0.3, -0.25) is 4.79 Å². The van der Waals surface area contributed by atoms with Crippen LogP contribution in [0.4, 0.5) is 0 Å². The van der Waals surface area contributed by atoms with E-state index in [1.807, 2.05) is 6.92 Å². The molecule has 1 heterocycles. The fraction of sp³-hybridized carbons (Fsp3) is 0.643. The van der Waals surface area contributed by atoms with Crippen LogP contribution in [0, 0.1) is 0 Å². The molecule has 2 N–H and O–H groups in total. The quantitative estimate of drug-likeness (QED) is 0.556. The first-order chi connectivity index (χ1) is 9.82. The van der Waals surface area contributed by atoms with E-state index in [4.69, 9.17) is 9.88 Å². The lowest BCUT2D eigenvalue weighted by molar-refractivity contribution is -0.147. The minimum Gasteiger partial charge on any atom is -0.462 e. The number of carbonyl (C=O) groups is 1. The largest absolute Gasteiger partial charge is 0.462 e. The summed E-state index contributed by atoms with van der Waals surface area (Å²) in [4.78, 5) is 12.4. The van der Waals surface area contributed by atoms with Crippen LogP contribution in [0.2, 0.25) is 0 Å². The Kier molecular flexibility index (Phi) is 7.34. The Bertz CT molecular complexity index is 551. The number of hydrogen-bond acceptors (Lipinski definition) is 5. The van der Waals surface area contributed by atoms with E-state index in [9.17, 15) is 13.2 Å². The average Bonchev–Trinajstić information content (AvgIpc) is 2.82. The van der Waals surface area contributed by atoms with Crippen molar-refractivity contribution in [2.75, 3.05) is 0 Å². The van der Waals surface area contributed by atoms with Crippen LogP contribution in [-0.2, 0) is 26.0 Å². The first-order valence-electron chi connectivity index (χ1n) is 7.14. The van der Waals surface area contributed by atoms with Gasteiger partial charge in [-0.1, -0.05) is 26.2 Å². The molecular formula is C14H23NO4S2. The molecule has 1 aromatic heterocycles. The molecule has 0 aliphatic heterocycles. The first kappa shape index (κ1) is 18.1. The van der Waals surface area contributed by atoms with Crippen molar-refractivity contribution in [2.24, 2.45) is 5.14 Å². The predicted octanol–water partition coefficient (Wildman–Crippen LogP) is 2.84. The van der Waals surface area contributed by atoms with Crippen molar-refractivity contribution in [1.29, 1.82) is 0 Å². The molecule has 0 saturated carbocycles. The Balaban J connectivity index is 2.38. The molecule has 21 heavy (non-hydrogen) atoms. The second-order valence-corrected chi connectivity index (χ2v) is 8.05. The Morgan fingerprint density at radius 3 is 2.62 bits per heavy atom. The summed E-state index contributed by atoms with van der Waals surface area (Å²) < 4.78 is 27.7. The molecule has 0 radical (unpaired) electrons. The SMILES string of the molecule is CCCCCCC(C)OC(=O)Cc1ccc(S(N)(=O)=O)s1. The van der Waals surface area contributed by atoms with Crippen LogP contribution < -0.4 is 5.14 Å². The number of sulfonamides is 1. The van der Waals surface area contributed by atoms with Crippen molar-refractivity contribution in [1.82, 2.24) is 0 Å². The molecule has 0 saturated heterocycles. The van der Waals surface area contributed by atoms with Crippen molar-refractivity contribution < 1.29 is 17.9 Å². The van der Waals surface area contributed by atoms with Gasteiger partial charge in [0.2, 0.25) is 10.0 Å². The van der Waals surface area contributed by atoms with Gasteiger partial charge in [0.05, 0.1) is 12.5 Å². The van der Waals surface area contributed by atoms with Crippen LogP contribution in [-0.4, -0.2) is 20.5 Å². The highest BCUT2D eigenvalue weighted by atomic mass is 32.2. The number of esters is 1. The maximum atomic E-state index is 11.8. The summed E-state index contributed by atoms with van der Waals surface area (Å²) in [7, 11) is -3.69. The average molecular weight is 333 g/mol. The molecule has 0 spiro atoms. The molecule has 1 rings (SSSR count). The zero-order chi connectivity index (χ0) is 15.9. The molecule has 120 valence electrons. The lowest BCUT2D eigenvalue weighted by Crippen LogP contribution is -2.16. The number of hydrogen-bond donors (Lipinski definition) is 1. The van der Waals surface area contributed by atoms with Crippen molar-refractivity contribution >= 4 is 27.3 Å². The van der Waals surface area contributed by atoms with Gasteiger partial charge in [-0.15, -0.1) is 11.3 Å². The van der Waals surface area contributed by atoms with Crippen molar-refractivity contribution in [2.45, 2.75) is 62.7 Å². The smallest absolute Gasteiger partial charge is 0.311 e. The van der Waals surface area contributed by atoms with Crippen LogP contribution in [0.3, 0.4) is 0 Å². The Morgan fingerprint density at radius 1 is 1.33 bits per heavy atom. The third-order valence-corrected chi connectivity index (χ3v) is 5.56. The van der Waals surface area contributed by atoms with E-state index in [2.05, 4.69) is 6.92 Å². The third kappa shape index (κ3) is 7.06. The van der Waals surface area contributed by atoms with Gasteiger partial charge < -0.3 is 4.74 Å². The van der Waals surface area contributed by atoms with E-state index < -0.39 is 10.0 Å². The summed E-state index contributed by atoms with van der Waals surface area (Å²) in [6.45, 7) is 4.04. The Morgan fingerprint density at radius 2 is 2.05 bits per heavy atom. The number of rotatable bonds is 9. The fourth-order valence-electron chi connectivity index (χ4n) is 1.93. The fourth-order valence-corrected chi connectivity index (χ4v) is 3.70. The van der Waals surface area contributed by atoms with Crippen LogP contribution in [0.25, 0.3) is 0 Å². The normalized spacial score (nSPS) is 13.1. The van der Waals surface area contributed by atoms with Gasteiger partial charge in [-0.05, 0) is 31.9 Å². The van der Waals surface area contributed by atoms with Gasteiger partial charge in [0.25, 0.3) is 0 Å². The molecule has 0 amide bonds. The molecule has 5 nitrogen and oxygen atoms in total. The van der Waals surface area contributed by atoms with E-state index >= 15 is 0 Å². The van der Waals surface area contributed by atoms with Crippen LogP contribution in [0.5, 0.6) is 0 Å². The summed E-state index contributed by atoms with van der Waals surface area (Å²) >= 11 is 1.01. The number of carbonyl (C=O) groups excluding carboxylic acids is 1. The lowest BCUT2D eigenvalue weighted by atomic mass is 10.1. The monoisotopic (exact) mass is 333 g/mol. The highest BCUT2D eigenvalue weighted by molar-refractivity contribution is 7.91. The van der Waals surface area contributed by atoms with E-state index in [1.165, 1.54) is 18.9 Å². The zero-order valence-electron chi connectivity index (χ0n) is 12.5. The molecule has 0 aromatic carbocycles. The third-order valence-electron chi connectivity index (χ3n) is 3.03. The Hall–Kier alpha value is -0.920. The van der Waals surface area contributed by atoms with E-state index in [0.29, 0.717) is 4.88 Å². The molecule has 0 aliphatic rings. The van der Waals surface area contributed by atoms with Gasteiger partial charge in [0.15, 0.2) is 0 Å². The number of unbranched alkanes of at least 4 members (excludes halogenated alkanes) is 3. The van der Waals surface area contributed by atoms with E-state index in [1.54, 1.807) is 6.07 Å². The van der Waals surface area contributed by atoms with Gasteiger partial charge in [-0.25, -0.2) is 13.6 Å². The maximum Gasteiger partial charge on any atom is 0.311 e. The summed E-state index contributed by atoms with van der Waals surface area (Å²) in [6, 6.07) is 3.01. The van der Waals surface area contributed by atoms with Crippen molar-refractivity contribution in [3.8, 4) is 0 Å². The summed E-state index contributed by atoms with van der Waals surface area (Å²) in [5.74, 6) is -0.333. The number of nitrogens with two attached hydrogens (primary N) is 1. The van der Waals surface area contributed by atoms with Gasteiger partial charge in [-0.2, -0.15) is 0 Å². The predicted molar refractivity (Wildman–Crippen MR) is 83.7 cm³/mol. The lowest BCUT2D eigenvalue weighted by Gasteiger charge is -2.12. The summed E-state index contributed by atoms with van der Waals surface area (Å²) in [6.07, 6.45) is 5.42. The minimum atomic E-state index is -3.69.